The van der Waals surface area contributed by atoms with Gasteiger partial charge in [0.05, 0.1) is 38.2 Å². The molecule has 0 amide bonds. The summed E-state index contributed by atoms with van der Waals surface area (Å²) in [5.41, 5.74) is 0.223. The van der Waals surface area contributed by atoms with Crippen LogP contribution in [0.2, 0.25) is 0 Å². The molecule has 1 atom stereocenters. The molecule has 0 saturated carbocycles. The Morgan fingerprint density at radius 2 is 1.94 bits per heavy atom. The second-order valence-electron chi connectivity index (χ2n) is 3.31. The molecule has 0 aliphatic heterocycles. The number of hydrogen-bond donors (Lipinski definition) is 0. The summed E-state index contributed by atoms with van der Waals surface area (Å²) >= 11 is 0. The lowest BCUT2D eigenvalue weighted by atomic mass is 10.3. The van der Waals surface area contributed by atoms with Crippen molar-refractivity contribution in [2.45, 2.75) is 13.8 Å². The molecule has 0 aliphatic carbocycles. The van der Waals surface area contributed by atoms with Crippen molar-refractivity contribution in [3.05, 3.63) is 12.2 Å². The van der Waals surface area contributed by atoms with E-state index < -0.39 is 13.6 Å². The molecule has 0 aromatic heterocycles. The van der Waals surface area contributed by atoms with E-state index in [-0.39, 0.29) is 24.9 Å². The number of esters is 1. The van der Waals surface area contributed by atoms with Gasteiger partial charge < -0.3 is 18.5 Å². The highest BCUT2D eigenvalue weighted by atomic mass is 31.2. The Labute approximate surface area is 108 Å². The summed E-state index contributed by atoms with van der Waals surface area (Å²) in [4.78, 5) is 11.2. The minimum atomic E-state index is -3.07. The maximum atomic E-state index is 11.8. The van der Waals surface area contributed by atoms with Gasteiger partial charge in [-0.05, 0) is 13.8 Å². The van der Waals surface area contributed by atoms with Crippen molar-refractivity contribution in [2.24, 2.45) is 0 Å². The summed E-state index contributed by atoms with van der Waals surface area (Å²) in [7, 11) is -1.74. The zero-order valence-electron chi connectivity index (χ0n) is 11.1. The molecule has 7 heteroatoms. The summed E-state index contributed by atoms with van der Waals surface area (Å²) in [6, 6.07) is 0. The summed E-state index contributed by atoms with van der Waals surface area (Å²) < 4.78 is 31.6. The molecule has 0 N–H and O–H groups in total. The molecule has 18 heavy (non-hydrogen) atoms. The Kier molecular flexibility index (Phi) is 8.93. The van der Waals surface area contributed by atoms with Crippen molar-refractivity contribution >= 4 is 13.6 Å². The lowest BCUT2D eigenvalue weighted by Gasteiger charge is -2.15. The molecule has 0 bridgehead atoms. The van der Waals surface area contributed by atoms with Gasteiger partial charge in [0.1, 0.15) is 0 Å². The van der Waals surface area contributed by atoms with Gasteiger partial charge in [0.15, 0.2) is 0 Å². The predicted molar refractivity (Wildman–Crippen MR) is 67.7 cm³/mol. The van der Waals surface area contributed by atoms with Gasteiger partial charge in [-0.15, -0.1) is 0 Å². The highest BCUT2D eigenvalue weighted by Gasteiger charge is 2.21. The fourth-order valence-electron chi connectivity index (χ4n) is 1.07. The third kappa shape index (κ3) is 6.91. The number of hydrogen-bond acceptors (Lipinski definition) is 6. The second kappa shape index (κ2) is 9.28. The van der Waals surface area contributed by atoms with E-state index in [4.69, 9.17) is 18.5 Å². The number of carbonyl (C=O) groups excluding carboxylic acids is 1. The van der Waals surface area contributed by atoms with E-state index in [1.165, 1.54) is 7.11 Å². The molecule has 1 unspecified atom stereocenters. The SMILES string of the molecule is C=C(COCCP(=O)(OC)OCC)C(=O)OCC. The lowest BCUT2D eigenvalue weighted by molar-refractivity contribution is -0.139. The smallest absolute Gasteiger partial charge is 0.335 e. The zero-order valence-corrected chi connectivity index (χ0v) is 12.0. The van der Waals surface area contributed by atoms with Gasteiger partial charge in [-0.25, -0.2) is 4.79 Å². The highest BCUT2D eigenvalue weighted by Crippen LogP contribution is 2.46. The van der Waals surface area contributed by atoms with E-state index in [2.05, 4.69) is 6.58 Å². The van der Waals surface area contributed by atoms with Crippen LogP contribution in [0.25, 0.3) is 0 Å². The van der Waals surface area contributed by atoms with Crippen molar-refractivity contribution in [2.75, 3.05) is 39.7 Å². The normalized spacial score (nSPS) is 13.9. The standard InChI is InChI=1S/C11H21O6P/c1-5-16-11(12)10(3)9-15-7-8-18(13,14-4)17-6-2/h3,5-9H2,1-2,4H3. The zero-order chi connectivity index (χ0) is 14.0. The third-order valence-corrected chi connectivity index (χ3v) is 3.89. The first kappa shape index (κ1) is 17.3. The average Bonchev–Trinajstić information content (AvgIpc) is 2.35. The van der Waals surface area contributed by atoms with Crippen molar-refractivity contribution in [1.82, 2.24) is 0 Å². The van der Waals surface area contributed by atoms with Crippen LogP contribution in [-0.4, -0.2) is 45.7 Å². The van der Waals surface area contributed by atoms with Gasteiger partial charge in [0.25, 0.3) is 0 Å². The summed E-state index contributed by atoms with van der Waals surface area (Å²) in [6.45, 7) is 7.77. The molecule has 0 fully saturated rings. The van der Waals surface area contributed by atoms with Gasteiger partial charge in [-0.2, -0.15) is 0 Å². The topological polar surface area (TPSA) is 71.1 Å². The van der Waals surface area contributed by atoms with Crippen LogP contribution in [0.1, 0.15) is 13.8 Å². The molecule has 106 valence electrons. The van der Waals surface area contributed by atoms with Crippen molar-refractivity contribution in [3.63, 3.8) is 0 Å². The first-order chi connectivity index (χ1) is 8.49. The molecule has 0 spiro atoms. The lowest BCUT2D eigenvalue weighted by Crippen LogP contribution is -2.13. The molecular weight excluding hydrogens is 259 g/mol. The first-order valence-electron chi connectivity index (χ1n) is 5.71. The third-order valence-electron chi connectivity index (χ3n) is 1.95. The molecule has 0 saturated heterocycles. The van der Waals surface area contributed by atoms with Crippen LogP contribution in [0.4, 0.5) is 0 Å². The summed E-state index contributed by atoms with van der Waals surface area (Å²) in [5, 5.41) is 0. The molecule has 0 radical (unpaired) electrons. The van der Waals surface area contributed by atoms with Gasteiger partial charge in [0, 0.05) is 7.11 Å². The predicted octanol–water partition coefficient (Wildman–Crippen LogP) is 2.00. The van der Waals surface area contributed by atoms with E-state index in [0.29, 0.717) is 13.2 Å². The maximum Gasteiger partial charge on any atom is 0.335 e. The van der Waals surface area contributed by atoms with Crippen molar-refractivity contribution in [3.8, 4) is 0 Å². The largest absolute Gasteiger partial charge is 0.463 e. The Morgan fingerprint density at radius 1 is 1.28 bits per heavy atom. The Bertz CT molecular complexity index is 315. The van der Waals surface area contributed by atoms with Crippen LogP contribution >= 0.6 is 7.60 Å². The monoisotopic (exact) mass is 280 g/mol. The van der Waals surface area contributed by atoms with Crippen LogP contribution in [0.3, 0.4) is 0 Å². The van der Waals surface area contributed by atoms with Gasteiger partial charge in [-0.3, -0.25) is 4.57 Å². The average molecular weight is 280 g/mol. The second-order valence-corrected chi connectivity index (χ2v) is 5.60. The van der Waals surface area contributed by atoms with E-state index in [1.807, 2.05) is 0 Å². The van der Waals surface area contributed by atoms with Crippen LogP contribution < -0.4 is 0 Å². The molecule has 0 aliphatic rings. The molecule has 0 aromatic rings. The molecule has 6 nitrogen and oxygen atoms in total. The van der Waals surface area contributed by atoms with Crippen LogP contribution in [0, 0.1) is 0 Å². The quantitative estimate of drug-likeness (QED) is 0.264. The fourth-order valence-corrected chi connectivity index (χ4v) is 2.23. The van der Waals surface area contributed by atoms with E-state index in [0.717, 1.165) is 0 Å². The van der Waals surface area contributed by atoms with Gasteiger partial charge in [-0.1, -0.05) is 6.58 Å². The number of rotatable bonds is 10. The Hall–Kier alpha value is -0.680. The summed E-state index contributed by atoms with van der Waals surface area (Å²) in [6.07, 6.45) is 0.132. The molecule has 0 aromatic carbocycles. The molecular formula is C11H21O6P. The van der Waals surface area contributed by atoms with E-state index in [9.17, 15) is 9.36 Å². The van der Waals surface area contributed by atoms with Crippen molar-refractivity contribution < 1.29 is 27.9 Å². The molecule has 0 heterocycles. The Balaban J connectivity index is 3.88. The van der Waals surface area contributed by atoms with Gasteiger partial charge >= 0.3 is 13.6 Å². The van der Waals surface area contributed by atoms with Crippen LogP contribution in [0.15, 0.2) is 12.2 Å². The highest BCUT2D eigenvalue weighted by molar-refractivity contribution is 7.53. The minimum absolute atomic E-state index is 0.0364. The Morgan fingerprint density at radius 3 is 2.44 bits per heavy atom. The van der Waals surface area contributed by atoms with E-state index in [1.54, 1.807) is 13.8 Å². The van der Waals surface area contributed by atoms with Gasteiger partial charge in [0.2, 0.25) is 0 Å². The summed E-state index contributed by atoms with van der Waals surface area (Å²) in [5.74, 6) is -0.489. The van der Waals surface area contributed by atoms with E-state index >= 15 is 0 Å². The number of carbonyl (C=O) groups is 1. The maximum absolute atomic E-state index is 11.8. The molecule has 0 rings (SSSR count). The fraction of sp³-hybridized carbons (Fsp3) is 0.727. The first-order valence-corrected chi connectivity index (χ1v) is 7.43. The van der Waals surface area contributed by atoms with Crippen LogP contribution in [-0.2, 0) is 27.9 Å². The van der Waals surface area contributed by atoms with Crippen LogP contribution in [0.5, 0.6) is 0 Å². The number of ether oxygens (including phenoxy) is 2. The van der Waals surface area contributed by atoms with Crippen molar-refractivity contribution in [1.29, 1.82) is 0 Å². The minimum Gasteiger partial charge on any atom is -0.463 e.